The zero-order valence-electron chi connectivity index (χ0n) is 10.1. The molecular weight excluding hydrogens is 230 g/mol. The average molecular weight is 247 g/mol. The lowest BCUT2D eigenvalue weighted by Crippen LogP contribution is -2.33. The third kappa shape index (κ3) is 4.97. The number of carbonyl (C=O) groups excluding carboxylic acids is 1. The van der Waals surface area contributed by atoms with Crippen molar-refractivity contribution in [2.75, 3.05) is 18.8 Å². The number of nitrogens with zero attached hydrogens (tertiary/aromatic N) is 1. The molecule has 1 aromatic rings. The molecule has 1 rings (SSSR count). The Morgan fingerprint density at radius 3 is 2.71 bits per heavy atom. The summed E-state index contributed by atoms with van der Waals surface area (Å²) in [4.78, 5) is 14.7. The smallest absolute Gasteiger partial charge is 0.233 e. The summed E-state index contributed by atoms with van der Waals surface area (Å²) >= 11 is 1.55. The molecule has 1 aromatic carbocycles. The summed E-state index contributed by atoms with van der Waals surface area (Å²) in [5.41, 5.74) is 0. The van der Waals surface area contributed by atoms with Gasteiger partial charge in [-0.05, 0) is 18.6 Å². The fraction of sp³-hybridized carbons (Fsp3) is 0.357. The Morgan fingerprint density at radius 1 is 1.41 bits per heavy atom. The Labute approximate surface area is 107 Å². The summed E-state index contributed by atoms with van der Waals surface area (Å²) in [5.74, 6) is 3.09. The molecule has 0 unspecified atom stereocenters. The van der Waals surface area contributed by atoms with E-state index in [0.29, 0.717) is 12.3 Å². The number of hydrogen-bond acceptors (Lipinski definition) is 2. The van der Waals surface area contributed by atoms with Gasteiger partial charge in [0.15, 0.2) is 0 Å². The Hall–Kier alpha value is -1.40. The van der Waals surface area contributed by atoms with Crippen LogP contribution in [-0.2, 0) is 4.79 Å². The van der Waals surface area contributed by atoms with Gasteiger partial charge in [0, 0.05) is 11.4 Å². The second-order valence-electron chi connectivity index (χ2n) is 3.62. The largest absolute Gasteiger partial charge is 0.331 e. The van der Waals surface area contributed by atoms with Crippen molar-refractivity contribution in [3.63, 3.8) is 0 Å². The highest BCUT2D eigenvalue weighted by Gasteiger charge is 2.11. The monoisotopic (exact) mass is 247 g/mol. The van der Waals surface area contributed by atoms with Gasteiger partial charge in [0.25, 0.3) is 0 Å². The molecule has 0 atom stereocenters. The van der Waals surface area contributed by atoms with Crippen molar-refractivity contribution in [1.29, 1.82) is 0 Å². The van der Waals surface area contributed by atoms with Gasteiger partial charge in [-0.3, -0.25) is 4.79 Å². The number of carbonyl (C=O) groups is 1. The van der Waals surface area contributed by atoms with E-state index in [0.717, 1.165) is 17.9 Å². The molecule has 0 bridgehead atoms. The fourth-order valence-corrected chi connectivity index (χ4v) is 2.25. The van der Waals surface area contributed by atoms with Crippen molar-refractivity contribution in [2.45, 2.75) is 18.2 Å². The number of amides is 1. The SMILES string of the molecule is C#CCN(CCC)C(=O)CSc1ccccc1. The molecule has 3 heteroatoms. The minimum Gasteiger partial charge on any atom is -0.331 e. The second kappa shape index (κ2) is 7.81. The van der Waals surface area contributed by atoms with Gasteiger partial charge >= 0.3 is 0 Å². The van der Waals surface area contributed by atoms with Gasteiger partial charge in [0.1, 0.15) is 0 Å². The highest BCUT2D eigenvalue weighted by molar-refractivity contribution is 8.00. The number of hydrogen-bond donors (Lipinski definition) is 0. The number of benzene rings is 1. The summed E-state index contributed by atoms with van der Waals surface area (Å²) < 4.78 is 0. The molecule has 0 aliphatic rings. The third-order valence-corrected chi connectivity index (χ3v) is 3.23. The minimum absolute atomic E-state index is 0.110. The van der Waals surface area contributed by atoms with E-state index in [1.165, 1.54) is 0 Å². The lowest BCUT2D eigenvalue weighted by Gasteiger charge is -2.19. The predicted octanol–water partition coefficient (Wildman–Crippen LogP) is 2.65. The predicted molar refractivity (Wildman–Crippen MR) is 72.9 cm³/mol. The van der Waals surface area contributed by atoms with Crippen LogP contribution in [-0.4, -0.2) is 29.6 Å². The molecule has 0 N–H and O–H groups in total. The summed E-state index contributed by atoms with van der Waals surface area (Å²) in [7, 11) is 0. The first-order valence-electron chi connectivity index (χ1n) is 5.67. The van der Waals surface area contributed by atoms with Crippen molar-refractivity contribution in [3.8, 4) is 12.3 Å². The van der Waals surface area contributed by atoms with E-state index in [-0.39, 0.29) is 5.91 Å². The van der Waals surface area contributed by atoms with E-state index in [9.17, 15) is 4.79 Å². The first-order chi connectivity index (χ1) is 8.27. The summed E-state index contributed by atoms with van der Waals surface area (Å²) in [5, 5.41) is 0. The number of rotatable bonds is 6. The van der Waals surface area contributed by atoms with Crippen LogP contribution < -0.4 is 0 Å². The van der Waals surface area contributed by atoms with Crippen LogP contribution in [0.15, 0.2) is 35.2 Å². The van der Waals surface area contributed by atoms with Gasteiger partial charge in [-0.2, -0.15) is 0 Å². The highest BCUT2D eigenvalue weighted by Crippen LogP contribution is 2.17. The van der Waals surface area contributed by atoms with Crippen molar-refractivity contribution >= 4 is 17.7 Å². The van der Waals surface area contributed by atoms with Crippen molar-refractivity contribution in [2.24, 2.45) is 0 Å². The van der Waals surface area contributed by atoms with E-state index in [1.807, 2.05) is 37.3 Å². The molecule has 0 radical (unpaired) electrons. The standard InChI is InChI=1S/C14H17NOS/c1-3-10-15(11-4-2)14(16)12-17-13-8-6-5-7-9-13/h1,5-9H,4,10-12H2,2H3. The summed E-state index contributed by atoms with van der Waals surface area (Å²) in [6.07, 6.45) is 6.19. The Bertz CT molecular complexity index is 383. The van der Waals surface area contributed by atoms with E-state index < -0.39 is 0 Å². The van der Waals surface area contributed by atoms with E-state index in [2.05, 4.69) is 5.92 Å². The molecule has 0 spiro atoms. The molecule has 17 heavy (non-hydrogen) atoms. The molecule has 0 aromatic heterocycles. The van der Waals surface area contributed by atoms with Gasteiger partial charge in [-0.25, -0.2) is 0 Å². The van der Waals surface area contributed by atoms with Gasteiger partial charge in [0.2, 0.25) is 5.91 Å². The molecule has 2 nitrogen and oxygen atoms in total. The molecule has 0 aliphatic carbocycles. The van der Waals surface area contributed by atoms with Crippen LogP contribution in [0.3, 0.4) is 0 Å². The van der Waals surface area contributed by atoms with Gasteiger partial charge in [-0.1, -0.05) is 31.0 Å². The number of thioether (sulfide) groups is 1. The third-order valence-electron chi connectivity index (χ3n) is 2.23. The maximum atomic E-state index is 11.9. The molecule has 0 fully saturated rings. The topological polar surface area (TPSA) is 20.3 Å². The van der Waals surface area contributed by atoms with Crippen molar-refractivity contribution < 1.29 is 4.79 Å². The maximum Gasteiger partial charge on any atom is 0.233 e. The fourth-order valence-electron chi connectivity index (χ4n) is 1.43. The van der Waals surface area contributed by atoms with E-state index in [4.69, 9.17) is 6.42 Å². The minimum atomic E-state index is 0.110. The van der Waals surface area contributed by atoms with Crippen molar-refractivity contribution in [1.82, 2.24) is 4.90 Å². The van der Waals surface area contributed by atoms with Crippen LogP contribution in [0.25, 0.3) is 0 Å². The lowest BCUT2D eigenvalue weighted by molar-refractivity contribution is -0.127. The summed E-state index contributed by atoms with van der Waals surface area (Å²) in [6.45, 7) is 3.18. The Kier molecular flexibility index (Phi) is 6.27. The van der Waals surface area contributed by atoms with Crippen LogP contribution in [0.4, 0.5) is 0 Å². The Balaban J connectivity index is 2.45. The first kappa shape index (κ1) is 13.7. The zero-order chi connectivity index (χ0) is 12.5. The van der Waals surface area contributed by atoms with Crippen LogP contribution >= 0.6 is 11.8 Å². The van der Waals surface area contributed by atoms with Gasteiger partial charge in [0.05, 0.1) is 12.3 Å². The molecule has 90 valence electrons. The van der Waals surface area contributed by atoms with E-state index in [1.54, 1.807) is 16.7 Å². The Morgan fingerprint density at radius 2 is 2.12 bits per heavy atom. The second-order valence-corrected chi connectivity index (χ2v) is 4.67. The van der Waals surface area contributed by atoms with Gasteiger partial charge < -0.3 is 4.90 Å². The average Bonchev–Trinajstić information content (AvgIpc) is 2.37. The summed E-state index contributed by atoms with van der Waals surface area (Å²) in [6, 6.07) is 9.91. The first-order valence-corrected chi connectivity index (χ1v) is 6.65. The number of terminal acetylenes is 1. The van der Waals surface area contributed by atoms with Crippen LogP contribution in [0, 0.1) is 12.3 Å². The molecule has 0 heterocycles. The lowest BCUT2D eigenvalue weighted by atomic mass is 10.4. The quantitative estimate of drug-likeness (QED) is 0.569. The molecule has 1 amide bonds. The normalized spacial score (nSPS) is 9.65. The van der Waals surface area contributed by atoms with Crippen LogP contribution in [0.2, 0.25) is 0 Å². The molecule has 0 saturated carbocycles. The van der Waals surface area contributed by atoms with Crippen molar-refractivity contribution in [3.05, 3.63) is 30.3 Å². The molecular formula is C14H17NOS. The maximum absolute atomic E-state index is 11.9. The highest BCUT2D eigenvalue weighted by atomic mass is 32.2. The van der Waals surface area contributed by atoms with Crippen LogP contribution in [0.5, 0.6) is 0 Å². The molecule has 0 aliphatic heterocycles. The van der Waals surface area contributed by atoms with Crippen LogP contribution in [0.1, 0.15) is 13.3 Å². The van der Waals surface area contributed by atoms with Gasteiger partial charge in [-0.15, -0.1) is 18.2 Å². The van der Waals surface area contributed by atoms with E-state index >= 15 is 0 Å². The molecule has 0 saturated heterocycles. The zero-order valence-corrected chi connectivity index (χ0v) is 10.9.